The Morgan fingerprint density at radius 3 is 2.27 bits per heavy atom. The number of benzene rings is 2. The lowest BCUT2D eigenvalue weighted by Crippen LogP contribution is -2.32. The number of ether oxygens (including phenoxy) is 1. The summed E-state index contributed by atoms with van der Waals surface area (Å²) in [6, 6.07) is 9.55. The van der Waals surface area contributed by atoms with Gasteiger partial charge in [-0.3, -0.25) is 4.79 Å². The molecule has 0 saturated carbocycles. The summed E-state index contributed by atoms with van der Waals surface area (Å²) >= 11 is 0. The third kappa shape index (κ3) is 5.48. The smallest absolute Gasteiger partial charge is 0.289 e. The summed E-state index contributed by atoms with van der Waals surface area (Å²) in [5, 5.41) is 0. The zero-order valence-corrected chi connectivity index (χ0v) is 20.4. The summed E-state index contributed by atoms with van der Waals surface area (Å²) in [5.41, 5.74) is 8.70. The highest BCUT2D eigenvalue weighted by Crippen LogP contribution is 2.32. The van der Waals surface area contributed by atoms with Crippen molar-refractivity contribution in [2.45, 2.75) is 51.9 Å². The Labute approximate surface area is 194 Å². The molecule has 33 heavy (non-hydrogen) atoms. The Morgan fingerprint density at radius 1 is 1.06 bits per heavy atom. The molecule has 0 radical (unpaired) electrons. The van der Waals surface area contributed by atoms with Crippen molar-refractivity contribution in [1.29, 1.82) is 0 Å². The maximum absolute atomic E-state index is 13.0. The minimum Gasteiger partial charge on any atom is -0.436 e. The molecule has 3 N–H and O–H groups in total. The third-order valence-corrected chi connectivity index (χ3v) is 6.25. The van der Waals surface area contributed by atoms with Crippen LogP contribution in [0.3, 0.4) is 0 Å². The van der Waals surface area contributed by atoms with Gasteiger partial charge in [-0.1, -0.05) is 44.5 Å². The van der Waals surface area contributed by atoms with Crippen molar-refractivity contribution in [3.63, 3.8) is 0 Å². The number of hydrogen-bond donors (Lipinski definition) is 2. The molecule has 9 heteroatoms. The van der Waals surface area contributed by atoms with Crippen LogP contribution in [0.1, 0.15) is 53.6 Å². The van der Waals surface area contributed by atoms with Gasteiger partial charge in [-0.2, -0.15) is 0 Å². The highest BCUT2D eigenvalue weighted by Gasteiger charge is 2.27. The Bertz CT molecular complexity index is 1310. The lowest BCUT2D eigenvalue weighted by molar-refractivity contribution is 0.0973. The fraction of sp³-hybridized carbons (Fsp3) is 0.292. The molecule has 0 aliphatic carbocycles. The van der Waals surface area contributed by atoms with Gasteiger partial charge in [0.25, 0.3) is 21.8 Å². The van der Waals surface area contributed by atoms with Crippen LogP contribution in [0.4, 0.5) is 5.69 Å². The molecule has 0 fully saturated rings. The van der Waals surface area contributed by atoms with E-state index in [1.165, 1.54) is 24.4 Å². The SMILES string of the molecule is Cc1cc(C)c(Oc2nc(C(C)(C)C)cnc2C(=O)NS(=O)(=O)c2cccc(N)c2)c(C)c1. The topological polar surface area (TPSA) is 124 Å². The molecule has 0 saturated heterocycles. The molecule has 3 aromatic rings. The van der Waals surface area contributed by atoms with E-state index in [0.717, 1.165) is 16.7 Å². The maximum Gasteiger partial charge on any atom is 0.289 e. The predicted molar refractivity (Wildman–Crippen MR) is 127 cm³/mol. The van der Waals surface area contributed by atoms with Crippen molar-refractivity contribution in [3.8, 4) is 11.6 Å². The zero-order chi connectivity index (χ0) is 24.6. The van der Waals surface area contributed by atoms with Gasteiger partial charge in [0.05, 0.1) is 16.8 Å². The molecule has 1 amide bonds. The zero-order valence-electron chi connectivity index (χ0n) is 19.6. The van der Waals surface area contributed by atoms with Crippen molar-refractivity contribution < 1.29 is 17.9 Å². The fourth-order valence-corrected chi connectivity index (χ4v) is 4.30. The van der Waals surface area contributed by atoms with Gasteiger partial charge in [-0.05, 0) is 50.1 Å². The summed E-state index contributed by atoms with van der Waals surface area (Å²) in [6.45, 7) is 11.6. The number of aromatic nitrogens is 2. The second-order valence-corrected chi connectivity index (χ2v) is 10.7. The molecule has 2 aromatic carbocycles. The van der Waals surface area contributed by atoms with Gasteiger partial charge in [0.2, 0.25) is 0 Å². The summed E-state index contributed by atoms with van der Waals surface area (Å²) in [5.74, 6) is -0.491. The van der Waals surface area contributed by atoms with Crippen LogP contribution in [-0.4, -0.2) is 24.3 Å². The summed E-state index contributed by atoms with van der Waals surface area (Å²) in [6.07, 6.45) is 1.45. The van der Waals surface area contributed by atoms with E-state index in [2.05, 4.69) is 9.97 Å². The quantitative estimate of drug-likeness (QED) is 0.538. The molecule has 3 rings (SSSR count). The number of nitrogens with zero attached hydrogens (tertiary/aromatic N) is 2. The highest BCUT2D eigenvalue weighted by molar-refractivity contribution is 7.90. The summed E-state index contributed by atoms with van der Waals surface area (Å²) < 4.78 is 33.6. The monoisotopic (exact) mass is 468 g/mol. The number of hydrogen-bond acceptors (Lipinski definition) is 7. The van der Waals surface area contributed by atoms with Crippen molar-refractivity contribution >= 4 is 21.6 Å². The first kappa shape index (κ1) is 24.2. The van der Waals surface area contributed by atoms with E-state index in [1.54, 1.807) is 6.07 Å². The first-order valence-corrected chi connectivity index (χ1v) is 11.8. The van der Waals surface area contributed by atoms with Gasteiger partial charge >= 0.3 is 0 Å². The van der Waals surface area contributed by atoms with E-state index >= 15 is 0 Å². The van der Waals surface area contributed by atoms with Gasteiger partial charge in [0, 0.05) is 11.1 Å². The highest BCUT2D eigenvalue weighted by atomic mass is 32.2. The van der Waals surface area contributed by atoms with Crippen LogP contribution in [0.25, 0.3) is 0 Å². The van der Waals surface area contributed by atoms with Crippen LogP contribution in [0, 0.1) is 20.8 Å². The second kappa shape index (κ2) is 8.82. The molecule has 8 nitrogen and oxygen atoms in total. The first-order chi connectivity index (χ1) is 15.3. The van der Waals surface area contributed by atoms with Gasteiger partial charge in [-0.15, -0.1) is 0 Å². The standard InChI is InChI=1S/C24H28N4O4S/c1-14-10-15(2)21(16(3)11-14)32-23-20(26-13-19(27-23)24(4,5)6)22(29)28-33(30,31)18-9-7-8-17(25)12-18/h7-13H,25H2,1-6H3,(H,28,29). The van der Waals surface area contributed by atoms with Crippen LogP contribution in [0.2, 0.25) is 0 Å². The molecule has 0 aliphatic rings. The van der Waals surface area contributed by atoms with Crippen molar-refractivity contribution in [3.05, 3.63) is 70.7 Å². The lowest BCUT2D eigenvalue weighted by Gasteiger charge is -2.20. The second-order valence-electron chi connectivity index (χ2n) is 9.00. The molecule has 1 heterocycles. The van der Waals surface area contributed by atoms with E-state index in [0.29, 0.717) is 11.4 Å². The number of nitrogens with one attached hydrogen (secondary N) is 1. The minimum atomic E-state index is -4.18. The number of nitrogen functional groups attached to an aromatic ring is 1. The summed E-state index contributed by atoms with van der Waals surface area (Å²) in [7, 11) is -4.18. The van der Waals surface area contributed by atoms with E-state index in [9.17, 15) is 13.2 Å². The average Bonchev–Trinajstić information content (AvgIpc) is 2.69. The number of rotatable bonds is 5. The predicted octanol–water partition coefficient (Wildman–Crippen LogP) is 4.19. The third-order valence-electron chi connectivity index (χ3n) is 4.92. The number of carbonyl (C=O) groups excluding carboxylic acids is 1. The minimum absolute atomic E-state index is 0.0715. The number of carbonyl (C=O) groups is 1. The molecule has 0 unspecified atom stereocenters. The molecule has 0 aliphatic heterocycles. The Hall–Kier alpha value is -3.46. The molecule has 174 valence electrons. The summed E-state index contributed by atoms with van der Waals surface area (Å²) in [4.78, 5) is 21.6. The van der Waals surface area contributed by atoms with Crippen LogP contribution in [0.15, 0.2) is 47.5 Å². The Morgan fingerprint density at radius 2 is 1.70 bits per heavy atom. The van der Waals surface area contributed by atoms with Gasteiger partial charge in [-0.25, -0.2) is 23.1 Å². The molecule has 1 aromatic heterocycles. The van der Waals surface area contributed by atoms with E-state index in [1.807, 2.05) is 58.4 Å². The van der Waals surface area contributed by atoms with E-state index in [4.69, 9.17) is 10.5 Å². The van der Waals surface area contributed by atoms with Crippen molar-refractivity contribution in [2.75, 3.05) is 5.73 Å². The van der Waals surface area contributed by atoms with Crippen LogP contribution in [-0.2, 0) is 15.4 Å². The molecule has 0 spiro atoms. The van der Waals surface area contributed by atoms with Crippen molar-refractivity contribution in [2.24, 2.45) is 0 Å². The van der Waals surface area contributed by atoms with E-state index in [-0.39, 0.29) is 27.6 Å². The van der Waals surface area contributed by atoms with Gasteiger partial charge in [0.1, 0.15) is 5.75 Å². The number of amides is 1. The largest absolute Gasteiger partial charge is 0.436 e. The number of anilines is 1. The van der Waals surface area contributed by atoms with Crippen LogP contribution in [0.5, 0.6) is 11.6 Å². The maximum atomic E-state index is 13.0. The van der Waals surface area contributed by atoms with Crippen molar-refractivity contribution in [1.82, 2.24) is 14.7 Å². The fourth-order valence-electron chi connectivity index (χ4n) is 3.30. The number of nitrogens with two attached hydrogens (primary N) is 1. The number of sulfonamides is 1. The molecule has 0 atom stereocenters. The molecular weight excluding hydrogens is 440 g/mol. The first-order valence-electron chi connectivity index (χ1n) is 10.3. The normalized spacial score (nSPS) is 11.8. The average molecular weight is 469 g/mol. The molecule has 0 bridgehead atoms. The van der Waals surface area contributed by atoms with Gasteiger partial charge < -0.3 is 10.5 Å². The Balaban J connectivity index is 2.05. The van der Waals surface area contributed by atoms with Gasteiger partial charge in [0.15, 0.2) is 5.69 Å². The molecular formula is C24H28N4O4S. The van der Waals surface area contributed by atoms with Crippen LogP contribution < -0.4 is 15.2 Å². The Kier molecular flexibility index (Phi) is 6.46. The van der Waals surface area contributed by atoms with Crippen LogP contribution >= 0.6 is 0 Å². The lowest BCUT2D eigenvalue weighted by atomic mass is 9.93. The number of aryl methyl sites for hydroxylation is 3. The van der Waals surface area contributed by atoms with E-state index < -0.39 is 15.9 Å².